The number of ether oxygens (including phenoxy) is 2. The van der Waals surface area contributed by atoms with Crippen molar-refractivity contribution in [2.45, 2.75) is 46.6 Å². The highest BCUT2D eigenvalue weighted by molar-refractivity contribution is 8.04. The fraction of sp³-hybridized carbons (Fsp3) is 0.524. The molecule has 0 amide bonds. The van der Waals surface area contributed by atoms with Gasteiger partial charge in [-0.1, -0.05) is 20.4 Å². The van der Waals surface area contributed by atoms with E-state index in [2.05, 4.69) is 25.7 Å². The lowest BCUT2D eigenvalue weighted by Crippen LogP contribution is -2.36. The first-order valence-electron chi connectivity index (χ1n) is 9.21. The summed E-state index contributed by atoms with van der Waals surface area (Å²) in [6, 6.07) is -0.403. The van der Waals surface area contributed by atoms with Crippen LogP contribution in [0.15, 0.2) is 51.9 Å². The Bertz CT molecular complexity index is 717. The number of allylic oxidation sites excluding steroid dienone is 6. The van der Waals surface area contributed by atoms with Gasteiger partial charge in [-0.15, -0.1) is 11.8 Å². The van der Waals surface area contributed by atoms with Crippen molar-refractivity contribution in [3.05, 3.63) is 46.9 Å². The summed E-state index contributed by atoms with van der Waals surface area (Å²) in [5.41, 5.74) is 3.27. The van der Waals surface area contributed by atoms with E-state index < -0.39 is 6.04 Å². The van der Waals surface area contributed by atoms with E-state index in [4.69, 9.17) is 14.5 Å². The molecule has 1 heterocycles. The standard InChI is InChI=1S/C21H30N2O3S/c1-7-15(25-6)10-9-14(3)22-16-11-21(4,5)12-17-19(16)27-13-18(23-17)20(24)26-8-2/h7,9-10,18,22H,1,8,11-13H2,2-6H3/b14-9+,15-10+. The molecule has 0 aromatic carbocycles. The molecule has 0 saturated carbocycles. The van der Waals surface area contributed by atoms with Gasteiger partial charge < -0.3 is 14.8 Å². The number of hydrogen-bond donors (Lipinski definition) is 1. The predicted octanol–water partition coefficient (Wildman–Crippen LogP) is 4.35. The van der Waals surface area contributed by atoms with E-state index in [0.717, 1.165) is 29.9 Å². The zero-order valence-corrected chi connectivity index (χ0v) is 17.7. The minimum atomic E-state index is -0.403. The summed E-state index contributed by atoms with van der Waals surface area (Å²) in [6.45, 7) is 12.4. The van der Waals surface area contributed by atoms with Crippen molar-refractivity contribution in [1.29, 1.82) is 0 Å². The van der Waals surface area contributed by atoms with E-state index in [9.17, 15) is 4.79 Å². The minimum Gasteiger partial charge on any atom is -0.497 e. The topological polar surface area (TPSA) is 59.9 Å². The SMILES string of the molecule is C=C/C(=C\C=C(/C)NC1=C2SCC(C(=O)OCC)N=C2CC(C)(C)C1)OC. The Morgan fingerprint density at radius 1 is 1.41 bits per heavy atom. The zero-order valence-electron chi connectivity index (χ0n) is 16.9. The van der Waals surface area contributed by atoms with Crippen LogP contribution in [0, 0.1) is 5.41 Å². The number of nitrogens with one attached hydrogen (secondary N) is 1. The molecule has 0 saturated heterocycles. The number of esters is 1. The quantitative estimate of drug-likeness (QED) is 0.398. The van der Waals surface area contributed by atoms with Gasteiger partial charge >= 0.3 is 5.97 Å². The molecular weight excluding hydrogens is 360 g/mol. The molecule has 2 aliphatic rings. The third-order valence-corrected chi connectivity index (χ3v) is 5.63. The smallest absolute Gasteiger partial charge is 0.331 e. The average Bonchev–Trinajstić information content (AvgIpc) is 2.61. The van der Waals surface area contributed by atoms with Gasteiger partial charge in [0.1, 0.15) is 5.76 Å². The van der Waals surface area contributed by atoms with Crippen LogP contribution in [-0.2, 0) is 14.3 Å². The van der Waals surface area contributed by atoms with E-state index >= 15 is 0 Å². The van der Waals surface area contributed by atoms with E-state index in [0.29, 0.717) is 18.1 Å². The molecule has 0 aromatic heterocycles. The Hall–Kier alpha value is -1.95. The van der Waals surface area contributed by atoms with Crippen LogP contribution >= 0.6 is 11.8 Å². The average molecular weight is 391 g/mol. The summed E-state index contributed by atoms with van der Waals surface area (Å²) in [6.07, 6.45) is 7.33. The molecule has 0 aromatic rings. The fourth-order valence-corrected chi connectivity index (χ4v) is 4.28. The molecule has 0 radical (unpaired) electrons. The van der Waals surface area contributed by atoms with E-state index in [1.807, 2.05) is 26.0 Å². The van der Waals surface area contributed by atoms with Gasteiger partial charge in [0.15, 0.2) is 6.04 Å². The summed E-state index contributed by atoms with van der Waals surface area (Å²) in [5, 5.41) is 3.53. The summed E-state index contributed by atoms with van der Waals surface area (Å²) in [7, 11) is 1.62. The second-order valence-corrected chi connectivity index (χ2v) is 8.46. The van der Waals surface area contributed by atoms with Crippen molar-refractivity contribution in [3.63, 3.8) is 0 Å². The fourth-order valence-electron chi connectivity index (χ4n) is 3.16. The molecule has 0 spiro atoms. The maximum atomic E-state index is 12.1. The van der Waals surface area contributed by atoms with Crippen LogP contribution in [0.1, 0.15) is 40.5 Å². The number of nitrogens with zero attached hydrogens (tertiary/aromatic N) is 1. The highest BCUT2D eigenvalue weighted by Crippen LogP contribution is 2.42. The number of thioether (sulfide) groups is 1. The van der Waals surface area contributed by atoms with Gasteiger partial charge in [0.05, 0.1) is 19.4 Å². The van der Waals surface area contributed by atoms with Gasteiger partial charge in [-0.2, -0.15) is 0 Å². The molecule has 6 heteroatoms. The molecule has 1 atom stereocenters. The Balaban J connectivity index is 2.28. The van der Waals surface area contributed by atoms with Crippen LogP contribution in [-0.4, -0.2) is 37.2 Å². The Morgan fingerprint density at radius 3 is 2.78 bits per heavy atom. The lowest BCUT2D eigenvalue weighted by Gasteiger charge is -2.36. The monoisotopic (exact) mass is 390 g/mol. The van der Waals surface area contributed by atoms with E-state index in [1.54, 1.807) is 24.9 Å². The largest absolute Gasteiger partial charge is 0.497 e. The molecule has 5 nitrogen and oxygen atoms in total. The first kappa shape index (κ1) is 21.4. The van der Waals surface area contributed by atoms with Crippen LogP contribution in [0.25, 0.3) is 0 Å². The summed E-state index contributed by atoms with van der Waals surface area (Å²) in [4.78, 5) is 18.0. The number of aliphatic imine (C=N–C) groups is 1. The zero-order chi connectivity index (χ0) is 20.0. The van der Waals surface area contributed by atoms with Crippen molar-refractivity contribution in [2.24, 2.45) is 10.4 Å². The number of carbonyl (C=O) groups excluding carboxylic acids is 1. The maximum Gasteiger partial charge on any atom is 0.331 e. The van der Waals surface area contributed by atoms with Crippen LogP contribution in [0.2, 0.25) is 0 Å². The Kier molecular flexibility index (Phi) is 7.36. The van der Waals surface area contributed by atoms with Crippen LogP contribution < -0.4 is 5.32 Å². The number of carbonyl (C=O) groups is 1. The van der Waals surface area contributed by atoms with Gasteiger partial charge in [-0.3, -0.25) is 4.99 Å². The molecule has 1 aliphatic carbocycles. The Labute approximate surface area is 166 Å². The van der Waals surface area contributed by atoms with Gasteiger partial charge in [0.2, 0.25) is 0 Å². The molecule has 27 heavy (non-hydrogen) atoms. The van der Waals surface area contributed by atoms with Gasteiger partial charge in [0.25, 0.3) is 0 Å². The van der Waals surface area contributed by atoms with E-state index in [-0.39, 0.29) is 11.4 Å². The summed E-state index contributed by atoms with van der Waals surface area (Å²) in [5.74, 6) is 1.10. The number of hydrogen-bond acceptors (Lipinski definition) is 6. The summed E-state index contributed by atoms with van der Waals surface area (Å²) < 4.78 is 10.4. The van der Waals surface area contributed by atoms with Crippen molar-refractivity contribution < 1.29 is 14.3 Å². The van der Waals surface area contributed by atoms with Gasteiger partial charge in [-0.05, 0) is 50.3 Å². The lowest BCUT2D eigenvalue weighted by molar-refractivity contribution is -0.143. The lowest BCUT2D eigenvalue weighted by atomic mass is 9.78. The van der Waals surface area contributed by atoms with Crippen molar-refractivity contribution in [2.75, 3.05) is 19.5 Å². The van der Waals surface area contributed by atoms with E-state index in [1.165, 1.54) is 4.91 Å². The third kappa shape index (κ3) is 5.76. The van der Waals surface area contributed by atoms with Gasteiger partial charge in [0, 0.05) is 22.1 Å². The predicted molar refractivity (Wildman–Crippen MR) is 113 cm³/mol. The van der Waals surface area contributed by atoms with Crippen LogP contribution in [0.3, 0.4) is 0 Å². The molecule has 1 aliphatic heterocycles. The van der Waals surface area contributed by atoms with Crippen molar-refractivity contribution in [3.8, 4) is 0 Å². The molecule has 2 rings (SSSR count). The molecule has 0 fully saturated rings. The minimum absolute atomic E-state index is 0.0801. The van der Waals surface area contributed by atoms with Gasteiger partial charge in [-0.25, -0.2) is 4.79 Å². The number of fused-ring (bicyclic) bond motifs is 1. The molecule has 148 valence electrons. The Morgan fingerprint density at radius 2 is 2.15 bits per heavy atom. The van der Waals surface area contributed by atoms with Crippen LogP contribution in [0.4, 0.5) is 0 Å². The number of methoxy groups -OCH3 is 1. The summed E-state index contributed by atoms with van der Waals surface area (Å²) >= 11 is 1.70. The molecule has 0 bridgehead atoms. The number of rotatable bonds is 7. The molecule has 1 unspecified atom stereocenters. The highest BCUT2D eigenvalue weighted by atomic mass is 32.2. The van der Waals surface area contributed by atoms with Crippen molar-refractivity contribution in [1.82, 2.24) is 5.32 Å². The van der Waals surface area contributed by atoms with Crippen LogP contribution in [0.5, 0.6) is 0 Å². The first-order valence-corrected chi connectivity index (χ1v) is 10.2. The van der Waals surface area contributed by atoms with Crippen molar-refractivity contribution >= 4 is 23.4 Å². The maximum absolute atomic E-state index is 12.1. The third-order valence-electron chi connectivity index (χ3n) is 4.38. The highest BCUT2D eigenvalue weighted by Gasteiger charge is 2.36. The second kappa shape index (κ2) is 9.31. The normalized spacial score (nSPS) is 22.6. The first-order chi connectivity index (χ1) is 12.8. The molecule has 1 N–H and O–H groups in total. The molecular formula is C21H30N2O3S. The second-order valence-electron chi connectivity index (χ2n) is 7.43.